The number of para-hydroxylation sites is 1. The van der Waals surface area contributed by atoms with Crippen molar-refractivity contribution < 1.29 is 18.7 Å². The smallest absolute Gasteiger partial charge is 0.289 e. The normalized spacial score (nSPS) is 17.2. The van der Waals surface area contributed by atoms with Gasteiger partial charge < -0.3 is 4.74 Å². The summed E-state index contributed by atoms with van der Waals surface area (Å²) in [5.41, 5.74) is 0.785. The Morgan fingerprint density at radius 1 is 1.00 bits per heavy atom. The molecule has 1 aliphatic rings. The predicted molar refractivity (Wildman–Crippen MR) is 98.9 cm³/mol. The van der Waals surface area contributed by atoms with Crippen LogP contribution in [0.1, 0.15) is 10.8 Å². The van der Waals surface area contributed by atoms with E-state index in [1.807, 2.05) is 30.3 Å². The van der Waals surface area contributed by atoms with E-state index in [9.17, 15) is 14.0 Å². The van der Waals surface area contributed by atoms with E-state index in [4.69, 9.17) is 4.74 Å². The van der Waals surface area contributed by atoms with Crippen molar-refractivity contribution in [2.24, 2.45) is 0 Å². The Labute approximate surface area is 153 Å². The van der Waals surface area contributed by atoms with Crippen molar-refractivity contribution in [1.29, 1.82) is 0 Å². The van der Waals surface area contributed by atoms with Gasteiger partial charge in [0.25, 0.3) is 5.24 Å². The van der Waals surface area contributed by atoms with E-state index in [0.717, 1.165) is 33.0 Å². The molecule has 1 heterocycles. The van der Waals surface area contributed by atoms with Crippen molar-refractivity contribution in [3.8, 4) is 11.5 Å². The lowest BCUT2D eigenvalue weighted by molar-refractivity contribution is -0.125. The SMILES string of the molecule is CN1C(=O)SC(c2ccc3cc(Oc4ccccc4F)ccc3c2)C1=O. The number of imide groups is 1. The first-order valence-electron chi connectivity index (χ1n) is 7.97. The lowest BCUT2D eigenvalue weighted by atomic mass is 10.0. The van der Waals surface area contributed by atoms with E-state index >= 15 is 0 Å². The standard InChI is InChI=1S/C20H14FNO3S/c1-22-19(23)18(26-20(22)24)14-7-6-13-11-15(9-8-12(13)10-14)25-17-5-3-2-4-16(17)21/h2-11,18H,1H3. The molecule has 6 heteroatoms. The maximum Gasteiger partial charge on any atom is 0.289 e. The summed E-state index contributed by atoms with van der Waals surface area (Å²) in [5.74, 6) is 0.0573. The van der Waals surface area contributed by atoms with Gasteiger partial charge in [0, 0.05) is 7.05 Å². The minimum atomic E-state index is -0.508. The van der Waals surface area contributed by atoms with Gasteiger partial charge in [-0.25, -0.2) is 4.39 Å². The number of thioether (sulfide) groups is 1. The zero-order valence-electron chi connectivity index (χ0n) is 13.8. The quantitative estimate of drug-likeness (QED) is 0.643. The molecule has 130 valence electrons. The number of hydrogen-bond acceptors (Lipinski definition) is 4. The number of halogens is 1. The molecule has 3 aromatic rings. The average molecular weight is 367 g/mol. The molecule has 1 atom stereocenters. The molecule has 0 radical (unpaired) electrons. The molecule has 1 fully saturated rings. The zero-order valence-corrected chi connectivity index (χ0v) is 14.6. The molecule has 1 unspecified atom stereocenters. The second-order valence-corrected chi connectivity index (χ2v) is 7.02. The number of rotatable bonds is 3. The maximum absolute atomic E-state index is 13.7. The molecule has 0 aromatic heterocycles. The summed E-state index contributed by atoms with van der Waals surface area (Å²) in [4.78, 5) is 25.0. The second-order valence-electron chi connectivity index (χ2n) is 5.96. The fourth-order valence-electron chi connectivity index (χ4n) is 2.83. The number of fused-ring (bicyclic) bond motifs is 1. The number of benzene rings is 3. The highest BCUT2D eigenvalue weighted by Crippen LogP contribution is 2.39. The number of nitrogens with zero attached hydrogens (tertiary/aromatic N) is 1. The number of amides is 2. The van der Waals surface area contributed by atoms with Gasteiger partial charge >= 0.3 is 0 Å². The van der Waals surface area contributed by atoms with Crippen LogP contribution in [0.5, 0.6) is 11.5 Å². The molecule has 1 aliphatic heterocycles. The van der Waals surface area contributed by atoms with Crippen molar-refractivity contribution in [3.05, 3.63) is 72.0 Å². The van der Waals surface area contributed by atoms with Crippen LogP contribution in [0.2, 0.25) is 0 Å². The number of carbonyl (C=O) groups excluding carboxylic acids is 2. The lowest BCUT2D eigenvalue weighted by Gasteiger charge is -2.11. The molecule has 4 nitrogen and oxygen atoms in total. The maximum atomic E-state index is 13.7. The first kappa shape index (κ1) is 16.6. The van der Waals surface area contributed by atoms with Gasteiger partial charge in [-0.1, -0.05) is 30.3 Å². The van der Waals surface area contributed by atoms with Crippen molar-refractivity contribution >= 4 is 33.7 Å². The van der Waals surface area contributed by atoms with Gasteiger partial charge in [-0.15, -0.1) is 0 Å². The highest BCUT2D eigenvalue weighted by molar-refractivity contribution is 8.14. The molecular formula is C20H14FNO3S. The summed E-state index contributed by atoms with van der Waals surface area (Å²) in [7, 11) is 1.49. The van der Waals surface area contributed by atoms with E-state index < -0.39 is 11.1 Å². The first-order chi connectivity index (χ1) is 12.5. The Kier molecular flexibility index (Phi) is 4.12. The van der Waals surface area contributed by atoms with Crippen molar-refractivity contribution in [1.82, 2.24) is 4.90 Å². The summed E-state index contributed by atoms with van der Waals surface area (Å²) in [5, 5.41) is 1.07. The molecule has 3 aromatic carbocycles. The van der Waals surface area contributed by atoms with E-state index in [-0.39, 0.29) is 16.9 Å². The second kappa shape index (κ2) is 6.46. The third kappa shape index (κ3) is 2.93. The summed E-state index contributed by atoms with van der Waals surface area (Å²) >= 11 is 1.02. The van der Waals surface area contributed by atoms with Crippen LogP contribution in [-0.4, -0.2) is 23.1 Å². The van der Waals surface area contributed by atoms with Gasteiger partial charge in [-0.05, 0) is 58.4 Å². The monoisotopic (exact) mass is 367 g/mol. The molecule has 26 heavy (non-hydrogen) atoms. The van der Waals surface area contributed by atoms with Crippen LogP contribution in [0.3, 0.4) is 0 Å². The van der Waals surface area contributed by atoms with E-state index in [1.54, 1.807) is 24.3 Å². The topological polar surface area (TPSA) is 46.6 Å². The van der Waals surface area contributed by atoms with Gasteiger partial charge in [0.15, 0.2) is 11.6 Å². The Morgan fingerprint density at radius 2 is 1.73 bits per heavy atom. The molecule has 0 aliphatic carbocycles. The summed E-state index contributed by atoms with van der Waals surface area (Å²) < 4.78 is 19.3. The summed E-state index contributed by atoms with van der Waals surface area (Å²) in [6.45, 7) is 0. The van der Waals surface area contributed by atoms with E-state index in [1.165, 1.54) is 13.1 Å². The van der Waals surface area contributed by atoms with Crippen molar-refractivity contribution in [2.75, 3.05) is 7.05 Å². The number of hydrogen-bond donors (Lipinski definition) is 0. The number of carbonyl (C=O) groups is 2. The van der Waals surface area contributed by atoms with Gasteiger partial charge in [-0.3, -0.25) is 14.5 Å². The predicted octanol–water partition coefficient (Wildman–Crippen LogP) is 5.14. The average Bonchev–Trinajstić information content (AvgIpc) is 2.90. The van der Waals surface area contributed by atoms with Crippen LogP contribution >= 0.6 is 11.8 Å². The van der Waals surface area contributed by atoms with Crippen LogP contribution in [0.4, 0.5) is 9.18 Å². The van der Waals surface area contributed by atoms with Crippen LogP contribution < -0.4 is 4.74 Å². The fraction of sp³-hybridized carbons (Fsp3) is 0.100. The van der Waals surface area contributed by atoms with Crippen molar-refractivity contribution in [2.45, 2.75) is 5.25 Å². The Balaban J connectivity index is 1.64. The highest BCUT2D eigenvalue weighted by atomic mass is 32.2. The van der Waals surface area contributed by atoms with E-state index in [0.29, 0.717) is 5.75 Å². The van der Waals surface area contributed by atoms with Crippen molar-refractivity contribution in [3.63, 3.8) is 0 Å². The molecular weight excluding hydrogens is 353 g/mol. The van der Waals surface area contributed by atoms with Gasteiger partial charge in [-0.2, -0.15) is 0 Å². The van der Waals surface area contributed by atoms with Crippen LogP contribution in [0.15, 0.2) is 60.7 Å². The minimum Gasteiger partial charge on any atom is -0.454 e. The molecule has 0 N–H and O–H groups in total. The molecule has 1 saturated heterocycles. The number of likely N-dealkylation sites (N-methyl/N-ethyl adjacent to an activating group) is 1. The molecule has 2 amide bonds. The third-order valence-corrected chi connectivity index (χ3v) is 5.44. The Morgan fingerprint density at radius 3 is 2.46 bits per heavy atom. The van der Waals surface area contributed by atoms with E-state index in [2.05, 4.69) is 0 Å². The molecule has 0 saturated carbocycles. The lowest BCUT2D eigenvalue weighted by Crippen LogP contribution is -2.24. The van der Waals surface area contributed by atoms with Crippen LogP contribution in [-0.2, 0) is 4.79 Å². The minimum absolute atomic E-state index is 0.165. The summed E-state index contributed by atoms with van der Waals surface area (Å²) in [6.07, 6.45) is 0. The Bertz CT molecular complexity index is 1040. The first-order valence-corrected chi connectivity index (χ1v) is 8.85. The van der Waals surface area contributed by atoms with Gasteiger partial charge in [0.2, 0.25) is 5.91 Å². The zero-order chi connectivity index (χ0) is 18.3. The number of ether oxygens (including phenoxy) is 1. The van der Waals surface area contributed by atoms with Gasteiger partial charge in [0.05, 0.1) is 0 Å². The van der Waals surface area contributed by atoms with Crippen LogP contribution in [0.25, 0.3) is 10.8 Å². The van der Waals surface area contributed by atoms with Gasteiger partial charge in [0.1, 0.15) is 11.0 Å². The highest BCUT2D eigenvalue weighted by Gasteiger charge is 2.38. The third-order valence-electron chi connectivity index (χ3n) is 4.25. The molecule has 0 spiro atoms. The largest absolute Gasteiger partial charge is 0.454 e. The van der Waals surface area contributed by atoms with Crippen LogP contribution in [0, 0.1) is 5.82 Å². The Hall–Kier alpha value is -2.86. The summed E-state index contributed by atoms with van der Waals surface area (Å²) in [6, 6.07) is 17.2. The molecule has 4 rings (SSSR count). The fourth-order valence-corrected chi connectivity index (χ4v) is 3.82. The molecule has 0 bridgehead atoms.